The van der Waals surface area contributed by atoms with Crippen LogP contribution in [0, 0.1) is 0 Å². The van der Waals surface area contributed by atoms with Crippen LogP contribution in [0.3, 0.4) is 0 Å². The van der Waals surface area contributed by atoms with Gasteiger partial charge in [-0.25, -0.2) is 9.59 Å². The molecule has 2 N–H and O–H groups in total. The number of nitrogens with one attached hydrogen (secondary N) is 1. The summed E-state index contributed by atoms with van der Waals surface area (Å²) in [4.78, 5) is 23.2. The lowest BCUT2D eigenvalue weighted by Gasteiger charge is -2.22. The number of methoxy groups -OCH3 is 1. The molecule has 0 heterocycles. The van der Waals surface area contributed by atoms with Gasteiger partial charge in [0.1, 0.15) is 0 Å². The van der Waals surface area contributed by atoms with E-state index in [9.17, 15) is 14.7 Å². The number of carbonyl (C=O) groups excluding carboxylic acids is 1. The van der Waals surface area contributed by atoms with E-state index in [1.165, 1.54) is 13.2 Å². The predicted octanol–water partition coefficient (Wildman–Crippen LogP) is 3.27. The van der Waals surface area contributed by atoms with Crippen LogP contribution in [0.2, 0.25) is 0 Å². The Hall–Kier alpha value is -3.08. The second-order valence-corrected chi connectivity index (χ2v) is 4.86. The molecule has 0 aromatic heterocycles. The van der Waals surface area contributed by atoms with Gasteiger partial charge in [-0.05, 0) is 17.7 Å². The van der Waals surface area contributed by atoms with Gasteiger partial charge in [0.15, 0.2) is 0 Å². The molecule has 0 saturated heterocycles. The normalized spacial score (nSPS) is 11.3. The lowest BCUT2D eigenvalue weighted by molar-refractivity contribution is -0.136. The Bertz CT molecular complexity index is 725. The standard InChI is InChI=1S/C18H17NO4/c1-12(18(22)23-2)16(13-8-4-3-5-9-13)19-15-11-7-6-10-14(15)17(20)21/h3-11,16,19H,1H2,2H3,(H,20,21). The van der Waals surface area contributed by atoms with E-state index in [1.54, 1.807) is 18.2 Å². The number of carbonyl (C=O) groups is 2. The number of carboxylic acids is 1. The number of rotatable bonds is 6. The van der Waals surface area contributed by atoms with Gasteiger partial charge < -0.3 is 15.2 Å². The van der Waals surface area contributed by atoms with E-state index in [-0.39, 0.29) is 11.1 Å². The molecular formula is C18H17NO4. The largest absolute Gasteiger partial charge is 0.478 e. The molecule has 0 aliphatic heterocycles. The molecule has 118 valence electrons. The lowest BCUT2D eigenvalue weighted by Crippen LogP contribution is -2.20. The molecule has 5 heteroatoms. The molecular weight excluding hydrogens is 294 g/mol. The summed E-state index contributed by atoms with van der Waals surface area (Å²) in [6.45, 7) is 3.79. The van der Waals surface area contributed by atoms with Crippen molar-refractivity contribution in [1.82, 2.24) is 0 Å². The Kier molecular flexibility index (Phi) is 5.15. The Morgan fingerprint density at radius 2 is 1.70 bits per heavy atom. The van der Waals surface area contributed by atoms with Crippen molar-refractivity contribution in [1.29, 1.82) is 0 Å². The highest BCUT2D eigenvalue weighted by Crippen LogP contribution is 2.28. The summed E-state index contributed by atoms with van der Waals surface area (Å²) in [6.07, 6.45) is 0. The second kappa shape index (κ2) is 7.26. The lowest BCUT2D eigenvalue weighted by atomic mass is 9.99. The SMILES string of the molecule is C=C(C(=O)OC)C(Nc1ccccc1C(=O)O)c1ccccc1. The van der Waals surface area contributed by atoms with Crippen molar-refractivity contribution in [3.05, 3.63) is 77.9 Å². The summed E-state index contributed by atoms with van der Waals surface area (Å²) in [5, 5.41) is 12.4. The average Bonchev–Trinajstić information content (AvgIpc) is 2.59. The van der Waals surface area contributed by atoms with Gasteiger partial charge in [-0.2, -0.15) is 0 Å². The third-order valence-electron chi connectivity index (χ3n) is 3.39. The predicted molar refractivity (Wildman–Crippen MR) is 87.4 cm³/mol. The zero-order valence-corrected chi connectivity index (χ0v) is 12.7. The molecule has 1 unspecified atom stereocenters. The summed E-state index contributed by atoms with van der Waals surface area (Å²) < 4.78 is 4.74. The van der Waals surface area contributed by atoms with E-state index in [0.29, 0.717) is 5.69 Å². The van der Waals surface area contributed by atoms with Crippen LogP contribution in [-0.4, -0.2) is 24.2 Å². The Balaban J connectivity index is 2.42. The number of ether oxygens (including phenoxy) is 1. The number of benzene rings is 2. The number of anilines is 1. The summed E-state index contributed by atoms with van der Waals surface area (Å²) in [6, 6.07) is 15.1. The van der Waals surface area contributed by atoms with Gasteiger partial charge in [0.05, 0.1) is 24.3 Å². The molecule has 5 nitrogen and oxygen atoms in total. The highest BCUT2D eigenvalue weighted by molar-refractivity contribution is 5.95. The van der Waals surface area contributed by atoms with E-state index in [1.807, 2.05) is 30.3 Å². The molecule has 2 aromatic carbocycles. The quantitative estimate of drug-likeness (QED) is 0.632. The van der Waals surface area contributed by atoms with Crippen molar-refractivity contribution >= 4 is 17.6 Å². The Morgan fingerprint density at radius 1 is 1.09 bits per heavy atom. The van der Waals surface area contributed by atoms with Crippen LogP contribution in [0.15, 0.2) is 66.7 Å². The van der Waals surface area contributed by atoms with Crippen LogP contribution in [0.25, 0.3) is 0 Å². The molecule has 23 heavy (non-hydrogen) atoms. The Morgan fingerprint density at radius 3 is 2.30 bits per heavy atom. The van der Waals surface area contributed by atoms with Crippen LogP contribution >= 0.6 is 0 Å². The zero-order chi connectivity index (χ0) is 16.8. The molecule has 0 aliphatic rings. The van der Waals surface area contributed by atoms with Crippen LogP contribution < -0.4 is 5.32 Å². The summed E-state index contributed by atoms with van der Waals surface area (Å²) >= 11 is 0. The second-order valence-electron chi connectivity index (χ2n) is 4.86. The van der Waals surface area contributed by atoms with E-state index >= 15 is 0 Å². The molecule has 0 amide bonds. The van der Waals surface area contributed by atoms with Gasteiger partial charge in [-0.3, -0.25) is 0 Å². The molecule has 0 aliphatic carbocycles. The number of hydrogen-bond donors (Lipinski definition) is 2. The van der Waals surface area contributed by atoms with E-state index in [2.05, 4.69) is 11.9 Å². The Labute approximate surface area is 134 Å². The van der Waals surface area contributed by atoms with Gasteiger partial charge in [-0.15, -0.1) is 0 Å². The van der Waals surface area contributed by atoms with Crippen molar-refractivity contribution in [3.8, 4) is 0 Å². The highest BCUT2D eigenvalue weighted by atomic mass is 16.5. The molecule has 0 fully saturated rings. The maximum Gasteiger partial charge on any atom is 0.337 e. The number of aromatic carboxylic acids is 1. The van der Waals surface area contributed by atoms with Crippen molar-refractivity contribution < 1.29 is 19.4 Å². The van der Waals surface area contributed by atoms with E-state index in [4.69, 9.17) is 4.74 Å². The molecule has 0 radical (unpaired) electrons. The average molecular weight is 311 g/mol. The zero-order valence-electron chi connectivity index (χ0n) is 12.7. The van der Waals surface area contributed by atoms with E-state index < -0.39 is 18.0 Å². The van der Waals surface area contributed by atoms with Crippen LogP contribution in [0.5, 0.6) is 0 Å². The van der Waals surface area contributed by atoms with Crippen molar-refractivity contribution in [2.45, 2.75) is 6.04 Å². The minimum Gasteiger partial charge on any atom is -0.478 e. The van der Waals surface area contributed by atoms with Crippen molar-refractivity contribution in [2.75, 3.05) is 12.4 Å². The van der Waals surface area contributed by atoms with Crippen molar-refractivity contribution in [3.63, 3.8) is 0 Å². The molecule has 0 saturated carbocycles. The number of para-hydroxylation sites is 1. The first-order chi connectivity index (χ1) is 11.0. The first-order valence-corrected chi connectivity index (χ1v) is 6.95. The summed E-state index contributed by atoms with van der Waals surface area (Å²) in [7, 11) is 1.28. The molecule has 2 rings (SSSR count). The fraction of sp³-hybridized carbons (Fsp3) is 0.111. The van der Waals surface area contributed by atoms with Crippen LogP contribution in [0.1, 0.15) is 22.0 Å². The van der Waals surface area contributed by atoms with Crippen molar-refractivity contribution in [2.24, 2.45) is 0 Å². The monoisotopic (exact) mass is 311 g/mol. The topological polar surface area (TPSA) is 75.6 Å². The minimum atomic E-state index is -1.05. The minimum absolute atomic E-state index is 0.117. The van der Waals surface area contributed by atoms with Crippen LogP contribution in [-0.2, 0) is 9.53 Å². The first kappa shape index (κ1) is 16.3. The third kappa shape index (κ3) is 3.77. The fourth-order valence-electron chi connectivity index (χ4n) is 2.22. The molecule has 0 bridgehead atoms. The molecule has 0 spiro atoms. The van der Waals surface area contributed by atoms with Gasteiger partial charge in [-0.1, -0.05) is 49.0 Å². The third-order valence-corrected chi connectivity index (χ3v) is 3.39. The van der Waals surface area contributed by atoms with E-state index in [0.717, 1.165) is 5.56 Å². The molecule has 1 atom stereocenters. The summed E-state index contributed by atoms with van der Waals surface area (Å²) in [5.74, 6) is -1.61. The van der Waals surface area contributed by atoms with Crippen LogP contribution in [0.4, 0.5) is 5.69 Å². The number of esters is 1. The molecule has 2 aromatic rings. The van der Waals surface area contributed by atoms with Gasteiger partial charge >= 0.3 is 11.9 Å². The fourth-order valence-corrected chi connectivity index (χ4v) is 2.22. The maximum absolute atomic E-state index is 11.9. The van der Waals surface area contributed by atoms with Gasteiger partial charge in [0, 0.05) is 5.69 Å². The smallest absolute Gasteiger partial charge is 0.337 e. The van der Waals surface area contributed by atoms with Gasteiger partial charge in [0.25, 0.3) is 0 Å². The maximum atomic E-state index is 11.9. The highest BCUT2D eigenvalue weighted by Gasteiger charge is 2.23. The first-order valence-electron chi connectivity index (χ1n) is 6.95. The van der Waals surface area contributed by atoms with Gasteiger partial charge in [0.2, 0.25) is 0 Å². The number of carboxylic acid groups (broad SMARTS) is 1. The number of hydrogen-bond acceptors (Lipinski definition) is 4. The summed E-state index contributed by atoms with van der Waals surface area (Å²) in [5.41, 5.74) is 1.49.